The van der Waals surface area contributed by atoms with E-state index >= 15 is 0 Å². The number of ether oxygens (including phenoxy) is 3. The number of rotatable bonds is 7. The van der Waals surface area contributed by atoms with Gasteiger partial charge in [-0.15, -0.1) is 0 Å². The maximum atomic E-state index is 14.1. The summed E-state index contributed by atoms with van der Waals surface area (Å²) in [5.41, 5.74) is 0.145. The van der Waals surface area contributed by atoms with Gasteiger partial charge >= 0.3 is 11.9 Å². The number of hydrogen-bond donors (Lipinski definition) is 0. The summed E-state index contributed by atoms with van der Waals surface area (Å²) < 4.78 is 42.9. The van der Waals surface area contributed by atoms with Gasteiger partial charge in [-0.1, -0.05) is 6.92 Å². The number of carbonyl (C=O) groups is 2. The fourth-order valence-electron chi connectivity index (χ4n) is 2.06. The Hall–Kier alpha value is -2.96. The van der Waals surface area contributed by atoms with Crippen LogP contribution in [0.3, 0.4) is 0 Å². The second-order valence-electron chi connectivity index (χ2n) is 5.26. The molecule has 7 heteroatoms. The third-order valence-electron chi connectivity index (χ3n) is 3.29. The lowest BCUT2D eigenvalue weighted by atomic mass is 10.2. The van der Waals surface area contributed by atoms with E-state index in [0.29, 0.717) is 18.8 Å². The smallest absolute Gasteiger partial charge is 0.343 e. The molecular formula is C19H18F2O5. The van der Waals surface area contributed by atoms with Gasteiger partial charge < -0.3 is 14.2 Å². The highest BCUT2D eigenvalue weighted by Gasteiger charge is 2.20. The normalized spacial score (nSPS) is 10.3. The average molecular weight is 364 g/mol. The Morgan fingerprint density at radius 2 is 1.46 bits per heavy atom. The lowest BCUT2D eigenvalue weighted by Crippen LogP contribution is -2.12. The average Bonchev–Trinajstić information content (AvgIpc) is 2.62. The van der Waals surface area contributed by atoms with Crippen molar-refractivity contribution in [1.29, 1.82) is 0 Å². The van der Waals surface area contributed by atoms with Gasteiger partial charge in [0.15, 0.2) is 11.5 Å². The lowest BCUT2D eigenvalue weighted by Gasteiger charge is -2.10. The van der Waals surface area contributed by atoms with E-state index in [1.54, 1.807) is 19.1 Å². The molecule has 2 aromatic carbocycles. The first kappa shape index (κ1) is 19.4. The third-order valence-corrected chi connectivity index (χ3v) is 3.29. The van der Waals surface area contributed by atoms with E-state index in [1.807, 2.05) is 6.92 Å². The number of esters is 2. The van der Waals surface area contributed by atoms with Gasteiger partial charge in [0.2, 0.25) is 11.6 Å². The van der Waals surface area contributed by atoms with Crippen LogP contribution in [0.2, 0.25) is 0 Å². The first-order valence-corrected chi connectivity index (χ1v) is 8.10. The zero-order valence-corrected chi connectivity index (χ0v) is 14.4. The summed E-state index contributed by atoms with van der Waals surface area (Å²) in [6.07, 6.45) is 0.594. The van der Waals surface area contributed by atoms with Crippen molar-refractivity contribution in [2.45, 2.75) is 26.7 Å². The minimum atomic E-state index is -1.41. The van der Waals surface area contributed by atoms with Crippen molar-refractivity contribution in [1.82, 2.24) is 0 Å². The Morgan fingerprint density at radius 3 is 2.00 bits per heavy atom. The minimum absolute atomic E-state index is 0.0789. The van der Waals surface area contributed by atoms with Crippen molar-refractivity contribution >= 4 is 11.9 Å². The SMILES string of the molecule is CCCC(=O)Oc1ccc(OC(=O)c2ccc(OCC)cc2)c(F)c1F. The van der Waals surface area contributed by atoms with Crippen LogP contribution in [0.1, 0.15) is 37.0 Å². The summed E-state index contributed by atoms with van der Waals surface area (Å²) in [5, 5.41) is 0. The van der Waals surface area contributed by atoms with Gasteiger partial charge in [-0.3, -0.25) is 4.79 Å². The molecule has 0 spiro atoms. The molecule has 0 aromatic heterocycles. The van der Waals surface area contributed by atoms with Gasteiger partial charge in [-0.05, 0) is 49.7 Å². The minimum Gasteiger partial charge on any atom is -0.494 e. The molecule has 2 rings (SSSR count). The molecule has 26 heavy (non-hydrogen) atoms. The number of hydrogen-bond acceptors (Lipinski definition) is 5. The van der Waals surface area contributed by atoms with Crippen molar-refractivity contribution in [3.8, 4) is 17.2 Å². The first-order chi connectivity index (χ1) is 12.5. The number of carbonyl (C=O) groups excluding carboxylic acids is 2. The van der Waals surface area contributed by atoms with Gasteiger partial charge in [-0.2, -0.15) is 8.78 Å². The predicted octanol–water partition coefficient (Wildman–Crippen LogP) is 4.29. The van der Waals surface area contributed by atoms with Crippen molar-refractivity contribution < 1.29 is 32.6 Å². The van der Waals surface area contributed by atoms with Crippen LogP contribution in [-0.2, 0) is 4.79 Å². The molecule has 5 nitrogen and oxygen atoms in total. The zero-order valence-electron chi connectivity index (χ0n) is 14.4. The van der Waals surface area contributed by atoms with Crippen LogP contribution < -0.4 is 14.2 Å². The topological polar surface area (TPSA) is 61.8 Å². The molecular weight excluding hydrogens is 346 g/mol. The van der Waals surface area contributed by atoms with Crippen LogP contribution in [0, 0.1) is 11.6 Å². The zero-order chi connectivity index (χ0) is 19.1. The van der Waals surface area contributed by atoms with Gasteiger partial charge in [0.1, 0.15) is 5.75 Å². The van der Waals surface area contributed by atoms with Crippen LogP contribution in [0.4, 0.5) is 8.78 Å². The molecule has 0 unspecified atom stereocenters. The first-order valence-electron chi connectivity index (χ1n) is 8.10. The van der Waals surface area contributed by atoms with Crippen molar-refractivity contribution in [2.24, 2.45) is 0 Å². The van der Waals surface area contributed by atoms with Crippen LogP contribution in [0.25, 0.3) is 0 Å². The highest BCUT2D eigenvalue weighted by molar-refractivity contribution is 5.91. The summed E-state index contributed by atoms with van der Waals surface area (Å²) >= 11 is 0. The third kappa shape index (κ3) is 4.78. The Balaban J connectivity index is 2.12. The van der Waals surface area contributed by atoms with Gasteiger partial charge in [0.25, 0.3) is 0 Å². The summed E-state index contributed by atoms with van der Waals surface area (Å²) in [5.74, 6) is -4.93. The maximum Gasteiger partial charge on any atom is 0.343 e. The van der Waals surface area contributed by atoms with E-state index in [0.717, 1.165) is 12.1 Å². The number of halogens is 2. The molecule has 0 saturated carbocycles. The standard InChI is InChI=1S/C19H18F2O5/c1-3-5-16(22)25-14-10-11-15(18(21)17(14)20)26-19(23)12-6-8-13(9-7-12)24-4-2/h6-11H,3-5H2,1-2H3. The highest BCUT2D eigenvalue weighted by Crippen LogP contribution is 2.28. The van der Waals surface area contributed by atoms with Crippen molar-refractivity contribution in [2.75, 3.05) is 6.61 Å². The summed E-state index contributed by atoms with van der Waals surface area (Å²) in [6.45, 7) is 4.05. The Morgan fingerprint density at radius 1 is 0.885 bits per heavy atom. The number of benzene rings is 2. The van der Waals surface area contributed by atoms with Crippen LogP contribution in [0.15, 0.2) is 36.4 Å². The van der Waals surface area contributed by atoms with Gasteiger partial charge in [0.05, 0.1) is 12.2 Å². The summed E-state index contributed by atoms with van der Waals surface area (Å²) in [7, 11) is 0. The monoisotopic (exact) mass is 364 g/mol. The predicted molar refractivity (Wildman–Crippen MR) is 89.5 cm³/mol. The van der Waals surface area contributed by atoms with E-state index in [9.17, 15) is 18.4 Å². The van der Waals surface area contributed by atoms with Crippen LogP contribution >= 0.6 is 0 Å². The summed E-state index contributed by atoms with van der Waals surface area (Å²) in [6, 6.07) is 8.08. The Bertz CT molecular complexity index is 787. The summed E-state index contributed by atoms with van der Waals surface area (Å²) in [4.78, 5) is 23.4. The molecule has 138 valence electrons. The Labute approximate surface area is 149 Å². The van der Waals surface area contributed by atoms with Gasteiger partial charge in [-0.25, -0.2) is 4.79 Å². The van der Waals surface area contributed by atoms with Gasteiger partial charge in [0, 0.05) is 6.42 Å². The second-order valence-corrected chi connectivity index (χ2v) is 5.26. The molecule has 0 heterocycles. The van der Waals surface area contributed by atoms with Crippen molar-refractivity contribution in [3.63, 3.8) is 0 Å². The lowest BCUT2D eigenvalue weighted by molar-refractivity contribution is -0.134. The fraction of sp³-hybridized carbons (Fsp3) is 0.263. The molecule has 0 saturated heterocycles. The fourth-order valence-corrected chi connectivity index (χ4v) is 2.06. The quantitative estimate of drug-likeness (QED) is 0.542. The highest BCUT2D eigenvalue weighted by atomic mass is 19.2. The van der Waals surface area contributed by atoms with E-state index in [2.05, 4.69) is 0 Å². The van der Waals surface area contributed by atoms with E-state index in [1.165, 1.54) is 12.1 Å². The molecule has 0 atom stereocenters. The van der Waals surface area contributed by atoms with Crippen molar-refractivity contribution in [3.05, 3.63) is 53.6 Å². The molecule has 0 aliphatic heterocycles. The van der Waals surface area contributed by atoms with E-state index < -0.39 is 35.1 Å². The maximum absolute atomic E-state index is 14.1. The van der Waals surface area contributed by atoms with Crippen LogP contribution in [0.5, 0.6) is 17.2 Å². The molecule has 2 aromatic rings. The largest absolute Gasteiger partial charge is 0.494 e. The van der Waals surface area contributed by atoms with E-state index in [4.69, 9.17) is 14.2 Å². The molecule has 0 fully saturated rings. The molecule has 0 radical (unpaired) electrons. The molecule has 0 amide bonds. The Kier molecular flexibility index (Phi) is 6.66. The molecule has 0 aliphatic rings. The molecule has 0 N–H and O–H groups in total. The second kappa shape index (κ2) is 8.94. The van der Waals surface area contributed by atoms with Crippen LogP contribution in [-0.4, -0.2) is 18.5 Å². The molecule has 0 aliphatic carbocycles. The van der Waals surface area contributed by atoms with E-state index in [-0.39, 0.29) is 12.0 Å². The molecule has 0 bridgehead atoms.